The van der Waals surface area contributed by atoms with Gasteiger partial charge in [0.2, 0.25) is 0 Å². The molecule has 1 aromatic heterocycles. The number of hydrogen-bond acceptors (Lipinski definition) is 4. The number of benzene rings is 1. The monoisotopic (exact) mass is 390 g/mol. The maximum atomic E-state index is 13.0. The van der Waals surface area contributed by atoms with Crippen LogP contribution in [0.15, 0.2) is 48.7 Å². The number of anilines is 1. The minimum absolute atomic E-state index is 0.133. The Labute approximate surface area is 173 Å². The number of rotatable bonds is 5. The molecule has 2 aliphatic heterocycles. The second kappa shape index (κ2) is 8.15. The maximum absolute atomic E-state index is 13.0. The van der Waals surface area contributed by atoms with Crippen molar-refractivity contribution in [3.63, 3.8) is 0 Å². The van der Waals surface area contributed by atoms with E-state index >= 15 is 0 Å². The second-order valence-electron chi connectivity index (χ2n) is 8.82. The Bertz CT molecular complexity index is 834. The molecule has 5 heteroatoms. The van der Waals surface area contributed by atoms with Gasteiger partial charge in [-0.25, -0.2) is 4.98 Å². The molecule has 3 fully saturated rings. The summed E-state index contributed by atoms with van der Waals surface area (Å²) in [7, 11) is 0. The Kier molecular flexibility index (Phi) is 5.23. The summed E-state index contributed by atoms with van der Waals surface area (Å²) in [5.41, 5.74) is 2.10. The summed E-state index contributed by atoms with van der Waals surface area (Å²) in [6, 6.07) is 15.8. The summed E-state index contributed by atoms with van der Waals surface area (Å²) in [5, 5.41) is 3.38. The zero-order valence-electron chi connectivity index (χ0n) is 17.0. The lowest BCUT2D eigenvalue weighted by atomic mass is 9.83. The highest BCUT2D eigenvalue weighted by Crippen LogP contribution is 2.32. The van der Waals surface area contributed by atoms with Crippen molar-refractivity contribution in [2.75, 3.05) is 25.0 Å². The molecule has 3 aliphatic rings. The lowest BCUT2D eigenvalue weighted by Gasteiger charge is -2.47. The van der Waals surface area contributed by atoms with E-state index in [4.69, 9.17) is 0 Å². The SMILES string of the molecule is O=C(c1ccc(NC2CC2)nc1)N1CC[C@@H]2[C@@H](CCCN2Cc2ccccc2)C1. The number of hydrogen-bond donors (Lipinski definition) is 1. The van der Waals surface area contributed by atoms with Gasteiger partial charge < -0.3 is 10.2 Å². The van der Waals surface area contributed by atoms with E-state index in [2.05, 4.69) is 50.4 Å². The third-order valence-corrected chi connectivity index (χ3v) is 6.64. The molecule has 0 bridgehead atoms. The molecule has 2 saturated heterocycles. The van der Waals surface area contributed by atoms with E-state index in [1.807, 2.05) is 12.1 Å². The first kappa shape index (κ1) is 18.6. The van der Waals surface area contributed by atoms with Crippen molar-refractivity contribution in [1.82, 2.24) is 14.8 Å². The van der Waals surface area contributed by atoms with Gasteiger partial charge in [-0.3, -0.25) is 9.69 Å². The average Bonchev–Trinajstić information content (AvgIpc) is 3.58. The van der Waals surface area contributed by atoms with Crippen molar-refractivity contribution in [1.29, 1.82) is 0 Å². The van der Waals surface area contributed by atoms with E-state index in [-0.39, 0.29) is 5.91 Å². The Morgan fingerprint density at radius 2 is 1.90 bits per heavy atom. The summed E-state index contributed by atoms with van der Waals surface area (Å²) in [6.07, 6.45) is 7.70. The van der Waals surface area contributed by atoms with Gasteiger partial charge in [-0.2, -0.15) is 0 Å². The number of nitrogens with one attached hydrogen (secondary N) is 1. The topological polar surface area (TPSA) is 48.5 Å². The largest absolute Gasteiger partial charge is 0.367 e. The molecule has 2 atom stereocenters. The summed E-state index contributed by atoms with van der Waals surface area (Å²) in [4.78, 5) is 22.2. The first-order valence-electron chi connectivity index (χ1n) is 11.1. The standard InChI is InChI=1S/C24H30N4O/c29-24(19-8-11-23(25-15-19)26-21-9-10-21)28-14-12-22-20(17-28)7-4-13-27(22)16-18-5-2-1-3-6-18/h1-3,5-6,8,11,15,20-22H,4,7,9-10,12-14,16-17H2,(H,25,26)/t20-,22+/m0/s1. The van der Waals surface area contributed by atoms with Crippen LogP contribution in [0, 0.1) is 5.92 Å². The molecule has 1 saturated carbocycles. The van der Waals surface area contributed by atoms with Gasteiger partial charge in [0.25, 0.3) is 5.91 Å². The lowest BCUT2D eigenvalue weighted by molar-refractivity contribution is 0.0175. The smallest absolute Gasteiger partial charge is 0.255 e. The second-order valence-corrected chi connectivity index (χ2v) is 8.82. The normalized spacial score (nSPS) is 24.8. The zero-order valence-corrected chi connectivity index (χ0v) is 17.0. The van der Waals surface area contributed by atoms with Crippen molar-refractivity contribution in [3.8, 4) is 0 Å². The fraction of sp³-hybridized carbons (Fsp3) is 0.500. The van der Waals surface area contributed by atoms with Crippen LogP contribution in [-0.2, 0) is 6.54 Å². The Morgan fingerprint density at radius 1 is 1.03 bits per heavy atom. The average molecular weight is 391 g/mol. The van der Waals surface area contributed by atoms with Crippen LogP contribution < -0.4 is 5.32 Å². The number of aromatic nitrogens is 1. The van der Waals surface area contributed by atoms with E-state index in [0.29, 0.717) is 23.6 Å². The van der Waals surface area contributed by atoms with Gasteiger partial charge in [-0.15, -0.1) is 0 Å². The molecule has 1 aliphatic carbocycles. The van der Waals surface area contributed by atoms with Gasteiger partial charge in [-0.05, 0) is 62.3 Å². The van der Waals surface area contributed by atoms with Crippen molar-refractivity contribution in [2.45, 2.75) is 50.7 Å². The minimum Gasteiger partial charge on any atom is -0.367 e. The van der Waals surface area contributed by atoms with Crippen LogP contribution in [0.3, 0.4) is 0 Å². The Morgan fingerprint density at radius 3 is 2.66 bits per heavy atom. The van der Waals surface area contributed by atoms with Crippen LogP contribution in [0.1, 0.15) is 48.0 Å². The molecular weight excluding hydrogens is 360 g/mol. The summed E-state index contributed by atoms with van der Waals surface area (Å²) in [6.45, 7) is 3.91. The number of pyridine rings is 1. The third-order valence-electron chi connectivity index (χ3n) is 6.64. The van der Waals surface area contributed by atoms with E-state index in [0.717, 1.165) is 31.9 Å². The highest BCUT2D eigenvalue weighted by atomic mass is 16.2. The zero-order chi connectivity index (χ0) is 19.6. The number of fused-ring (bicyclic) bond motifs is 1. The maximum Gasteiger partial charge on any atom is 0.255 e. The molecule has 0 spiro atoms. The first-order valence-corrected chi connectivity index (χ1v) is 11.1. The Balaban J connectivity index is 1.21. The van der Waals surface area contributed by atoms with E-state index in [1.54, 1.807) is 6.20 Å². The van der Waals surface area contributed by atoms with E-state index in [1.165, 1.54) is 37.8 Å². The summed E-state index contributed by atoms with van der Waals surface area (Å²) >= 11 is 0. The summed E-state index contributed by atoms with van der Waals surface area (Å²) in [5.74, 6) is 1.59. The van der Waals surface area contributed by atoms with Gasteiger partial charge >= 0.3 is 0 Å². The van der Waals surface area contributed by atoms with Crippen LogP contribution in [0.5, 0.6) is 0 Å². The number of nitrogens with zero attached hydrogens (tertiary/aromatic N) is 3. The number of piperidine rings is 2. The number of carbonyl (C=O) groups is 1. The molecule has 1 N–H and O–H groups in total. The highest BCUT2D eigenvalue weighted by Gasteiger charge is 2.37. The molecule has 29 heavy (non-hydrogen) atoms. The minimum atomic E-state index is 0.133. The molecular formula is C24H30N4O. The molecule has 1 amide bonds. The lowest BCUT2D eigenvalue weighted by Crippen LogP contribution is -2.54. The van der Waals surface area contributed by atoms with Gasteiger partial charge in [-0.1, -0.05) is 30.3 Å². The van der Waals surface area contributed by atoms with Gasteiger partial charge in [0, 0.05) is 37.9 Å². The van der Waals surface area contributed by atoms with Crippen LogP contribution >= 0.6 is 0 Å². The predicted molar refractivity (Wildman–Crippen MR) is 115 cm³/mol. The molecule has 2 aromatic rings. The number of amides is 1. The fourth-order valence-corrected chi connectivity index (χ4v) is 4.93. The van der Waals surface area contributed by atoms with Crippen molar-refractivity contribution < 1.29 is 4.79 Å². The molecule has 0 unspecified atom stereocenters. The van der Waals surface area contributed by atoms with Crippen LogP contribution in [0.4, 0.5) is 5.82 Å². The van der Waals surface area contributed by atoms with E-state index < -0.39 is 0 Å². The van der Waals surface area contributed by atoms with Gasteiger partial charge in [0.15, 0.2) is 0 Å². The molecule has 0 radical (unpaired) electrons. The quantitative estimate of drug-likeness (QED) is 0.844. The molecule has 3 heterocycles. The Hall–Kier alpha value is -2.40. The van der Waals surface area contributed by atoms with Crippen molar-refractivity contribution >= 4 is 11.7 Å². The van der Waals surface area contributed by atoms with Gasteiger partial charge in [0.05, 0.1) is 5.56 Å². The summed E-state index contributed by atoms with van der Waals surface area (Å²) < 4.78 is 0. The highest BCUT2D eigenvalue weighted by molar-refractivity contribution is 5.94. The molecule has 5 rings (SSSR count). The number of carbonyl (C=O) groups excluding carboxylic acids is 1. The fourth-order valence-electron chi connectivity index (χ4n) is 4.93. The molecule has 5 nitrogen and oxygen atoms in total. The van der Waals surface area contributed by atoms with Crippen LogP contribution in [-0.4, -0.2) is 52.4 Å². The molecule has 152 valence electrons. The third kappa shape index (κ3) is 4.30. The first-order chi connectivity index (χ1) is 14.3. The predicted octanol–water partition coefficient (Wildman–Crippen LogP) is 3.78. The van der Waals surface area contributed by atoms with Crippen molar-refractivity contribution in [2.24, 2.45) is 5.92 Å². The molecule has 1 aromatic carbocycles. The van der Waals surface area contributed by atoms with Crippen molar-refractivity contribution in [3.05, 3.63) is 59.8 Å². The van der Waals surface area contributed by atoms with Crippen LogP contribution in [0.25, 0.3) is 0 Å². The van der Waals surface area contributed by atoms with Gasteiger partial charge in [0.1, 0.15) is 5.82 Å². The van der Waals surface area contributed by atoms with Crippen LogP contribution in [0.2, 0.25) is 0 Å². The van der Waals surface area contributed by atoms with E-state index in [9.17, 15) is 4.79 Å². The number of likely N-dealkylation sites (tertiary alicyclic amines) is 2.